The lowest BCUT2D eigenvalue weighted by atomic mass is 9.52. The molecule has 10 nitrogen and oxygen atoms in total. The highest BCUT2D eigenvalue weighted by Gasteiger charge is 2.67. The Morgan fingerprint density at radius 3 is 2.50 bits per heavy atom. The molecule has 2 aliphatic carbocycles. The third kappa shape index (κ3) is 5.36. The molecule has 5 aromatic rings. The molecule has 284 valence electrons. The summed E-state index contributed by atoms with van der Waals surface area (Å²) in [6.45, 7) is 3.86. The molecule has 13 heteroatoms. The summed E-state index contributed by atoms with van der Waals surface area (Å²) in [6, 6.07) is 19.6. The average molecular weight is 852 g/mol. The molecule has 1 saturated carbocycles. The first kappa shape index (κ1) is 36.6. The number of carbonyl (C=O) groups excluding carboxylic acids is 4. The maximum atomic E-state index is 15.1. The number of amides is 4. The molecule has 3 aromatic carbocycles. The Balaban J connectivity index is 1.13. The van der Waals surface area contributed by atoms with Gasteiger partial charge in [-0.2, -0.15) is 5.10 Å². The lowest BCUT2D eigenvalue weighted by Gasteiger charge is -2.47. The number of benzene rings is 3. The number of methoxy groups -OCH3 is 1. The minimum absolute atomic E-state index is 0.00688. The summed E-state index contributed by atoms with van der Waals surface area (Å²) in [5, 5.41) is 16.7. The molecule has 3 fully saturated rings. The summed E-state index contributed by atoms with van der Waals surface area (Å²) >= 11 is 11.3. The molecular weight excluding hydrogens is 816 g/mol. The number of phenolic OH excluding ortho intramolecular Hbond substituents is 1. The Morgan fingerprint density at radius 2 is 1.75 bits per heavy atom. The van der Waals surface area contributed by atoms with Crippen LogP contribution in [0.2, 0.25) is 5.02 Å². The van der Waals surface area contributed by atoms with Crippen molar-refractivity contribution in [2.45, 2.75) is 26.7 Å². The van der Waals surface area contributed by atoms with Crippen LogP contribution < -0.4 is 14.5 Å². The van der Waals surface area contributed by atoms with Gasteiger partial charge in [-0.3, -0.25) is 28.8 Å². The highest BCUT2D eigenvalue weighted by atomic mass is 79.9. The van der Waals surface area contributed by atoms with Crippen molar-refractivity contribution in [3.8, 4) is 22.1 Å². The van der Waals surface area contributed by atoms with Crippen molar-refractivity contribution in [3.05, 3.63) is 105 Å². The molecule has 1 N–H and O–H groups in total. The molecule has 2 aromatic heterocycles. The molecule has 2 aliphatic heterocycles. The third-order valence-corrected chi connectivity index (χ3v) is 14.4. The summed E-state index contributed by atoms with van der Waals surface area (Å²) in [6.07, 6.45) is 6.38. The zero-order chi connectivity index (χ0) is 39.4. The number of thiophene rings is 1. The van der Waals surface area contributed by atoms with Crippen LogP contribution in [0, 0.1) is 41.9 Å². The van der Waals surface area contributed by atoms with E-state index in [1.807, 2.05) is 50.3 Å². The van der Waals surface area contributed by atoms with Crippen LogP contribution in [0.5, 0.6) is 11.5 Å². The number of aromatic nitrogens is 2. The number of allylic oxidation sites excluding steroid dienone is 3. The molecule has 4 aliphatic rings. The Hall–Kier alpha value is -5.04. The van der Waals surface area contributed by atoms with Gasteiger partial charge < -0.3 is 9.84 Å². The number of fused-ring (bicyclic) bond motifs is 5. The summed E-state index contributed by atoms with van der Waals surface area (Å²) in [4.78, 5) is 61.8. The predicted octanol–water partition coefficient (Wildman–Crippen LogP) is 8.72. The fraction of sp³-hybridized carbons (Fsp3) is 0.279. The quantitative estimate of drug-likeness (QED) is 0.134. The summed E-state index contributed by atoms with van der Waals surface area (Å²) < 4.78 is 8.81. The van der Waals surface area contributed by atoms with Crippen LogP contribution in [0.15, 0.2) is 88.9 Å². The fourth-order valence-corrected chi connectivity index (χ4v) is 11.1. The first-order chi connectivity index (χ1) is 26.8. The smallest absolute Gasteiger partial charge is 0.242 e. The number of hydrogen-bond acceptors (Lipinski definition) is 8. The number of nitrogens with zero attached hydrogens (tertiary/aromatic N) is 4. The Morgan fingerprint density at radius 1 is 0.982 bits per heavy atom. The van der Waals surface area contributed by atoms with E-state index in [1.54, 1.807) is 65.5 Å². The van der Waals surface area contributed by atoms with Crippen molar-refractivity contribution >= 4 is 90.2 Å². The summed E-state index contributed by atoms with van der Waals surface area (Å²) in [5.41, 5.74) is 2.51. The lowest BCUT2D eigenvalue weighted by Crippen LogP contribution is -2.49. The van der Waals surface area contributed by atoms with E-state index in [0.717, 1.165) is 36.1 Å². The highest BCUT2D eigenvalue weighted by molar-refractivity contribution is 9.10. The fourth-order valence-electron chi connectivity index (χ4n) is 9.50. The standard InChI is InChI=1S/C43H36BrClN4O6S/c1-21-28-18-24(45)9-16-35(28)56-38(21)32-20-36(47(3)46-32)49-40(52)31-19-29-26(12-13-27-37(29)41(53)48(39(27)51)25-10-7-23(44)8-11-25)30(43(31,2)42(49)54)14-5-22-6-15-33(50)34(17-22)55-4/h5-12,14-18,20,27,29-31,37,50H,13,19H2,1-4H3/t27-,29+,30-,31-,37-,43-/m0/s1. The van der Waals surface area contributed by atoms with Gasteiger partial charge in [0.25, 0.3) is 0 Å². The lowest BCUT2D eigenvalue weighted by molar-refractivity contribution is -0.132. The molecule has 0 unspecified atom stereocenters. The van der Waals surface area contributed by atoms with Gasteiger partial charge in [-0.1, -0.05) is 57.4 Å². The van der Waals surface area contributed by atoms with Gasteiger partial charge in [0, 0.05) is 33.2 Å². The highest BCUT2D eigenvalue weighted by Crippen LogP contribution is 2.61. The van der Waals surface area contributed by atoms with E-state index >= 15 is 4.79 Å². The molecule has 0 bridgehead atoms. The van der Waals surface area contributed by atoms with Gasteiger partial charge in [-0.25, -0.2) is 4.90 Å². The van der Waals surface area contributed by atoms with Crippen molar-refractivity contribution in [2.75, 3.05) is 16.9 Å². The molecule has 4 amide bonds. The molecule has 6 atom stereocenters. The monoisotopic (exact) mass is 850 g/mol. The maximum absolute atomic E-state index is 15.1. The largest absolute Gasteiger partial charge is 0.504 e. The summed E-state index contributed by atoms with van der Waals surface area (Å²) in [7, 11) is 3.20. The van der Waals surface area contributed by atoms with Crippen molar-refractivity contribution < 1.29 is 29.0 Å². The van der Waals surface area contributed by atoms with Crippen LogP contribution in [-0.4, -0.2) is 45.6 Å². The van der Waals surface area contributed by atoms with E-state index in [4.69, 9.17) is 21.4 Å². The van der Waals surface area contributed by atoms with Gasteiger partial charge in [0.05, 0.1) is 40.8 Å². The molecule has 4 heterocycles. The number of imide groups is 2. The minimum atomic E-state index is -1.23. The Labute approximate surface area is 340 Å². The number of hydrogen-bond donors (Lipinski definition) is 1. The van der Waals surface area contributed by atoms with E-state index in [0.29, 0.717) is 34.4 Å². The zero-order valence-electron chi connectivity index (χ0n) is 30.8. The third-order valence-electron chi connectivity index (χ3n) is 12.3. The van der Waals surface area contributed by atoms with Crippen LogP contribution in [0.4, 0.5) is 11.5 Å². The Bertz CT molecular complexity index is 2600. The molecule has 56 heavy (non-hydrogen) atoms. The van der Waals surface area contributed by atoms with Gasteiger partial charge in [0.15, 0.2) is 11.5 Å². The van der Waals surface area contributed by atoms with Crippen LogP contribution in [0.1, 0.15) is 30.9 Å². The molecular formula is C43H36BrClN4O6S. The number of aromatic hydroxyl groups is 1. The van der Waals surface area contributed by atoms with Gasteiger partial charge >= 0.3 is 0 Å². The van der Waals surface area contributed by atoms with Gasteiger partial charge in [-0.05, 0) is 104 Å². The SMILES string of the molecule is COc1cc(C=C[C@H]2C3=CC[C@@H]4C(=O)N(c5ccc(Br)cc5)C(=O)[C@@H]4[C@@H]3C[C@H]3C(=O)N(c4cc(-c5sc6ccc(Cl)cc6c5C)nn4C)C(=O)[C@@]23C)ccc1O. The normalized spacial score (nSPS) is 26.0. The molecule has 9 rings (SSSR count). The van der Waals surface area contributed by atoms with Gasteiger partial charge in [-0.15, -0.1) is 11.3 Å². The van der Waals surface area contributed by atoms with E-state index in [1.165, 1.54) is 23.0 Å². The Kier molecular flexibility index (Phi) is 8.68. The van der Waals surface area contributed by atoms with E-state index in [-0.39, 0.29) is 35.8 Å². The van der Waals surface area contributed by atoms with Crippen molar-refractivity contribution in [2.24, 2.45) is 42.1 Å². The summed E-state index contributed by atoms with van der Waals surface area (Å²) in [5.74, 6) is -3.75. The van der Waals surface area contributed by atoms with E-state index in [9.17, 15) is 19.5 Å². The van der Waals surface area contributed by atoms with Crippen LogP contribution in [0.25, 0.3) is 26.7 Å². The number of phenols is 1. The predicted molar refractivity (Wildman–Crippen MR) is 219 cm³/mol. The first-order valence-corrected chi connectivity index (χ1v) is 20.3. The number of anilines is 2. The topological polar surface area (TPSA) is 122 Å². The second-order valence-electron chi connectivity index (χ2n) is 15.2. The minimum Gasteiger partial charge on any atom is -0.504 e. The second-order valence-corrected chi connectivity index (χ2v) is 17.6. The number of carbonyl (C=O) groups is 4. The molecule has 2 saturated heterocycles. The van der Waals surface area contributed by atoms with E-state index in [2.05, 4.69) is 15.9 Å². The molecule has 0 radical (unpaired) electrons. The van der Waals surface area contributed by atoms with Crippen LogP contribution in [0.3, 0.4) is 0 Å². The number of halogens is 2. The van der Waals surface area contributed by atoms with Gasteiger partial charge in [0.2, 0.25) is 23.6 Å². The number of rotatable bonds is 6. The van der Waals surface area contributed by atoms with Crippen LogP contribution >= 0.6 is 38.9 Å². The van der Waals surface area contributed by atoms with Crippen LogP contribution in [-0.2, 0) is 26.2 Å². The zero-order valence-corrected chi connectivity index (χ0v) is 34.0. The van der Waals surface area contributed by atoms with Crippen molar-refractivity contribution in [1.29, 1.82) is 0 Å². The molecule has 0 spiro atoms. The van der Waals surface area contributed by atoms with Gasteiger partial charge in [0.1, 0.15) is 11.5 Å². The van der Waals surface area contributed by atoms with Crippen molar-refractivity contribution in [1.82, 2.24) is 9.78 Å². The first-order valence-electron chi connectivity index (χ1n) is 18.3. The maximum Gasteiger partial charge on any atom is 0.242 e. The number of ether oxygens (including phenoxy) is 1. The van der Waals surface area contributed by atoms with E-state index < -0.39 is 35.0 Å². The number of aryl methyl sites for hydroxylation is 2. The van der Waals surface area contributed by atoms with Crippen molar-refractivity contribution in [3.63, 3.8) is 0 Å². The average Bonchev–Trinajstić information content (AvgIpc) is 3.85. The second kappa shape index (κ2) is 13.3.